The van der Waals surface area contributed by atoms with Crippen molar-refractivity contribution in [2.24, 2.45) is 0 Å². The summed E-state index contributed by atoms with van der Waals surface area (Å²) in [7, 11) is 2.03. The summed E-state index contributed by atoms with van der Waals surface area (Å²) in [5.74, 6) is -1.78. The molecule has 0 amide bonds. The maximum absolute atomic E-state index is 14.9. The molecule has 1 fully saturated rings. The molecule has 0 radical (unpaired) electrons. The Kier molecular flexibility index (Phi) is 4.39. The van der Waals surface area contributed by atoms with Gasteiger partial charge in [0.05, 0.1) is 16.6 Å². The van der Waals surface area contributed by atoms with Crippen LogP contribution in [0.2, 0.25) is 0 Å². The number of aromatic carboxylic acids is 1. The van der Waals surface area contributed by atoms with Crippen molar-refractivity contribution in [3.05, 3.63) is 44.8 Å². The summed E-state index contributed by atoms with van der Waals surface area (Å²) < 4.78 is 16.7. The molecule has 3 heterocycles. The van der Waals surface area contributed by atoms with Crippen LogP contribution in [0, 0.1) is 5.82 Å². The molecule has 6 nitrogen and oxygen atoms in total. The van der Waals surface area contributed by atoms with Crippen molar-refractivity contribution in [3.8, 4) is 0 Å². The summed E-state index contributed by atoms with van der Waals surface area (Å²) in [5.41, 5.74) is 0.997. The van der Waals surface area contributed by atoms with Gasteiger partial charge in [0.25, 0.3) is 0 Å². The van der Waals surface area contributed by atoms with Gasteiger partial charge in [-0.3, -0.25) is 4.79 Å². The largest absolute Gasteiger partial charge is 0.477 e. The highest BCUT2D eigenvalue weighted by Gasteiger charge is 2.24. The van der Waals surface area contributed by atoms with Crippen molar-refractivity contribution in [3.63, 3.8) is 0 Å². The van der Waals surface area contributed by atoms with Crippen LogP contribution in [0.1, 0.15) is 23.0 Å². The van der Waals surface area contributed by atoms with Gasteiger partial charge in [-0.1, -0.05) is 6.92 Å². The fraction of sp³-hybridized carbons (Fsp3) is 0.368. The molecule has 1 saturated heterocycles. The predicted molar refractivity (Wildman–Crippen MR) is 105 cm³/mol. The highest BCUT2D eigenvalue weighted by molar-refractivity contribution is 7.16. The SMILES string of the molecule is CCc1csc2c(C(=O)O)c(=O)c3cc(F)c(N4CCN(C)CC4)cc3n12. The van der Waals surface area contributed by atoms with Gasteiger partial charge in [-0.05, 0) is 25.6 Å². The molecule has 8 heteroatoms. The number of rotatable bonds is 3. The van der Waals surface area contributed by atoms with Gasteiger partial charge in [0, 0.05) is 37.3 Å². The fourth-order valence-corrected chi connectivity index (χ4v) is 4.80. The van der Waals surface area contributed by atoms with E-state index < -0.39 is 17.2 Å². The molecule has 0 bridgehead atoms. The average molecular weight is 389 g/mol. The smallest absolute Gasteiger partial charge is 0.342 e. The zero-order chi connectivity index (χ0) is 19.3. The van der Waals surface area contributed by atoms with E-state index in [4.69, 9.17) is 0 Å². The third kappa shape index (κ3) is 2.80. The van der Waals surface area contributed by atoms with E-state index in [1.165, 1.54) is 17.4 Å². The number of likely N-dealkylation sites (N-methyl/N-ethyl adjacent to an activating group) is 1. The normalized spacial score (nSPS) is 15.7. The molecule has 3 aromatic rings. The Morgan fingerprint density at radius 1 is 1.26 bits per heavy atom. The molecular weight excluding hydrogens is 369 g/mol. The molecule has 0 unspecified atom stereocenters. The van der Waals surface area contributed by atoms with E-state index in [9.17, 15) is 19.1 Å². The molecule has 1 N–H and O–H groups in total. The van der Waals surface area contributed by atoms with Gasteiger partial charge in [-0.2, -0.15) is 0 Å². The Morgan fingerprint density at radius 2 is 1.96 bits per heavy atom. The lowest BCUT2D eigenvalue weighted by Crippen LogP contribution is -2.44. The summed E-state index contributed by atoms with van der Waals surface area (Å²) in [6.07, 6.45) is 0.679. The Labute approximate surface area is 159 Å². The molecule has 0 atom stereocenters. The lowest BCUT2D eigenvalue weighted by Gasteiger charge is -2.34. The van der Waals surface area contributed by atoms with E-state index in [0.29, 0.717) is 35.5 Å². The van der Waals surface area contributed by atoms with E-state index in [-0.39, 0.29) is 10.9 Å². The van der Waals surface area contributed by atoms with Crippen molar-refractivity contribution in [1.82, 2.24) is 9.30 Å². The summed E-state index contributed by atoms with van der Waals surface area (Å²) in [4.78, 5) is 29.0. The minimum Gasteiger partial charge on any atom is -0.477 e. The van der Waals surface area contributed by atoms with E-state index in [1.54, 1.807) is 10.5 Å². The number of carbonyl (C=O) groups is 1. The van der Waals surface area contributed by atoms with Crippen LogP contribution in [0.15, 0.2) is 22.3 Å². The zero-order valence-corrected chi connectivity index (χ0v) is 16.0. The number of hydrogen-bond acceptors (Lipinski definition) is 5. The van der Waals surface area contributed by atoms with Crippen LogP contribution >= 0.6 is 11.3 Å². The Balaban J connectivity index is 2.04. The van der Waals surface area contributed by atoms with Crippen LogP contribution in [0.25, 0.3) is 15.7 Å². The van der Waals surface area contributed by atoms with Gasteiger partial charge in [-0.15, -0.1) is 11.3 Å². The Hall–Kier alpha value is -2.45. The second-order valence-electron chi connectivity index (χ2n) is 6.84. The first-order valence-corrected chi connectivity index (χ1v) is 9.75. The number of anilines is 1. The number of fused-ring (bicyclic) bond motifs is 3. The molecule has 1 aliphatic heterocycles. The number of aryl methyl sites for hydroxylation is 1. The van der Waals surface area contributed by atoms with Crippen LogP contribution < -0.4 is 10.3 Å². The third-order valence-corrected chi connectivity index (χ3v) is 6.21. The molecule has 142 valence electrons. The highest BCUT2D eigenvalue weighted by Crippen LogP contribution is 2.30. The highest BCUT2D eigenvalue weighted by atomic mass is 32.1. The standard InChI is InChI=1S/C19H20FN3O3S/c1-3-11-10-27-18-16(19(25)26)17(24)12-8-13(20)15(9-14(12)23(11)18)22-6-4-21(2)5-7-22/h8-10H,3-7H2,1-2H3,(H,25,26). The number of carboxylic acid groups (broad SMARTS) is 1. The minimum atomic E-state index is -1.28. The van der Waals surface area contributed by atoms with Gasteiger partial charge >= 0.3 is 5.97 Å². The van der Waals surface area contributed by atoms with Crippen LogP contribution in [0.5, 0.6) is 0 Å². The maximum atomic E-state index is 14.9. The molecule has 27 heavy (non-hydrogen) atoms. The summed E-state index contributed by atoms with van der Waals surface area (Å²) >= 11 is 1.24. The second kappa shape index (κ2) is 6.61. The van der Waals surface area contributed by atoms with Crippen molar-refractivity contribution < 1.29 is 14.3 Å². The fourth-order valence-electron chi connectivity index (χ4n) is 3.66. The number of carboxylic acids is 1. The van der Waals surface area contributed by atoms with Crippen LogP contribution in [0.3, 0.4) is 0 Å². The third-order valence-electron chi connectivity index (χ3n) is 5.21. The first kappa shape index (κ1) is 17.9. The van der Waals surface area contributed by atoms with Crippen LogP contribution in [-0.4, -0.2) is 53.6 Å². The number of thiazole rings is 1. The molecule has 2 aromatic heterocycles. The van der Waals surface area contributed by atoms with E-state index in [1.807, 2.05) is 24.3 Å². The van der Waals surface area contributed by atoms with E-state index >= 15 is 0 Å². The van der Waals surface area contributed by atoms with E-state index in [0.717, 1.165) is 18.8 Å². The Morgan fingerprint density at radius 3 is 2.59 bits per heavy atom. The van der Waals surface area contributed by atoms with Gasteiger partial charge in [-0.25, -0.2) is 9.18 Å². The maximum Gasteiger partial charge on any atom is 0.342 e. The first-order chi connectivity index (χ1) is 12.9. The lowest BCUT2D eigenvalue weighted by molar-refractivity contribution is 0.0697. The number of benzene rings is 1. The number of halogens is 1. The van der Waals surface area contributed by atoms with Crippen LogP contribution in [0.4, 0.5) is 10.1 Å². The lowest BCUT2D eigenvalue weighted by atomic mass is 10.1. The molecule has 0 aliphatic carbocycles. The minimum absolute atomic E-state index is 0.105. The van der Waals surface area contributed by atoms with Gasteiger partial charge < -0.3 is 19.3 Å². The number of hydrogen-bond donors (Lipinski definition) is 1. The Bertz CT molecular complexity index is 1110. The van der Waals surface area contributed by atoms with Crippen molar-refractivity contribution >= 4 is 38.7 Å². The van der Waals surface area contributed by atoms with Crippen molar-refractivity contribution in [1.29, 1.82) is 0 Å². The number of piperazine rings is 1. The molecule has 0 saturated carbocycles. The van der Waals surface area contributed by atoms with Crippen molar-refractivity contribution in [2.45, 2.75) is 13.3 Å². The van der Waals surface area contributed by atoms with Gasteiger partial charge in [0.2, 0.25) is 5.43 Å². The number of aromatic nitrogens is 1. The molecule has 1 aromatic carbocycles. The van der Waals surface area contributed by atoms with Crippen LogP contribution in [-0.2, 0) is 6.42 Å². The molecule has 1 aliphatic rings. The van der Waals surface area contributed by atoms with Crippen molar-refractivity contribution in [2.75, 3.05) is 38.1 Å². The monoisotopic (exact) mass is 389 g/mol. The van der Waals surface area contributed by atoms with Gasteiger partial charge in [0.1, 0.15) is 16.2 Å². The number of nitrogens with zero attached hydrogens (tertiary/aromatic N) is 3. The van der Waals surface area contributed by atoms with E-state index in [2.05, 4.69) is 4.90 Å². The quantitative estimate of drug-likeness (QED) is 0.746. The predicted octanol–water partition coefficient (Wildman–Crippen LogP) is 2.67. The first-order valence-electron chi connectivity index (χ1n) is 8.87. The molecule has 4 rings (SSSR count). The number of pyridine rings is 1. The molecule has 0 spiro atoms. The summed E-state index contributed by atoms with van der Waals surface area (Å²) in [6, 6.07) is 2.89. The second-order valence-corrected chi connectivity index (χ2v) is 7.70. The average Bonchev–Trinajstić information content (AvgIpc) is 3.06. The summed E-state index contributed by atoms with van der Waals surface area (Å²) in [6.45, 7) is 5.05. The summed E-state index contributed by atoms with van der Waals surface area (Å²) in [5, 5.41) is 11.5. The van der Waals surface area contributed by atoms with Gasteiger partial charge in [0.15, 0.2) is 0 Å². The zero-order valence-electron chi connectivity index (χ0n) is 15.2. The molecular formula is C19H20FN3O3S. The topological polar surface area (TPSA) is 65.3 Å².